The van der Waals surface area contributed by atoms with Gasteiger partial charge in [0.1, 0.15) is 6.04 Å². The Kier molecular flexibility index (Phi) is 6.53. The highest BCUT2D eigenvalue weighted by Gasteiger charge is 2.26. The third-order valence-electron chi connectivity index (χ3n) is 2.17. The highest BCUT2D eigenvalue weighted by Crippen LogP contribution is 2.02. The van der Waals surface area contributed by atoms with E-state index in [1.807, 2.05) is 0 Å². The molecule has 8 heteroatoms. The Labute approximate surface area is 109 Å². The van der Waals surface area contributed by atoms with Gasteiger partial charge in [-0.2, -0.15) is 0 Å². The molecular formula is C11H17NO7. The second-order valence-corrected chi connectivity index (χ2v) is 4.23. The second-order valence-electron chi connectivity index (χ2n) is 4.23. The zero-order valence-electron chi connectivity index (χ0n) is 10.9. The average molecular weight is 275 g/mol. The van der Waals surface area contributed by atoms with Crippen molar-refractivity contribution < 1.29 is 34.1 Å². The standard InChI is InChI=1S/C11H17NO7/c1-5(2)9(14)12-7(11(17)18)4-8(13)19-6(3)10(15)16/h5-7H,4H2,1-3H3,(H,12,14)(H,15,16)(H,17,18)/t6?,7-/m0/s1. The van der Waals surface area contributed by atoms with E-state index in [-0.39, 0.29) is 0 Å². The summed E-state index contributed by atoms with van der Waals surface area (Å²) in [5.74, 6) is -4.70. The normalized spacial score (nSPS) is 13.5. The number of carbonyl (C=O) groups excluding carboxylic acids is 2. The summed E-state index contributed by atoms with van der Waals surface area (Å²) < 4.78 is 4.48. The molecule has 1 unspecified atom stereocenters. The molecule has 0 spiro atoms. The molecule has 108 valence electrons. The quantitative estimate of drug-likeness (QED) is 0.540. The molecule has 3 N–H and O–H groups in total. The maximum atomic E-state index is 11.3. The molecule has 0 aliphatic carbocycles. The number of esters is 1. The number of hydrogen-bond donors (Lipinski definition) is 3. The van der Waals surface area contributed by atoms with E-state index in [4.69, 9.17) is 10.2 Å². The molecular weight excluding hydrogens is 258 g/mol. The van der Waals surface area contributed by atoms with E-state index in [0.717, 1.165) is 6.92 Å². The number of hydrogen-bond acceptors (Lipinski definition) is 5. The van der Waals surface area contributed by atoms with E-state index >= 15 is 0 Å². The Bertz CT molecular complexity index is 377. The molecule has 0 aliphatic rings. The second kappa shape index (κ2) is 7.34. The highest BCUT2D eigenvalue weighted by atomic mass is 16.6. The molecule has 0 aromatic rings. The van der Waals surface area contributed by atoms with Crippen molar-refractivity contribution in [1.29, 1.82) is 0 Å². The zero-order valence-corrected chi connectivity index (χ0v) is 10.9. The lowest BCUT2D eigenvalue weighted by Gasteiger charge is -2.16. The fourth-order valence-corrected chi connectivity index (χ4v) is 1.00. The SMILES string of the molecule is CC(C)C(=O)N[C@@H](CC(=O)OC(C)C(=O)O)C(=O)O. The van der Waals surface area contributed by atoms with Gasteiger partial charge < -0.3 is 20.3 Å². The van der Waals surface area contributed by atoms with Gasteiger partial charge in [0, 0.05) is 5.92 Å². The van der Waals surface area contributed by atoms with Crippen LogP contribution in [-0.2, 0) is 23.9 Å². The van der Waals surface area contributed by atoms with Gasteiger partial charge in [-0.3, -0.25) is 9.59 Å². The first-order valence-electron chi connectivity index (χ1n) is 5.60. The number of aliphatic carboxylic acids is 2. The van der Waals surface area contributed by atoms with Crippen LogP contribution in [0.15, 0.2) is 0 Å². The zero-order chi connectivity index (χ0) is 15.2. The van der Waals surface area contributed by atoms with Crippen LogP contribution in [0.25, 0.3) is 0 Å². The van der Waals surface area contributed by atoms with Crippen LogP contribution in [0.1, 0.15) is 27.2 Å². The van der Waals surface area contributed by atoms with E-state index in [1.54, 1.807) is 13.8 Å². The first kappa shape index (κ1) is 16.9. The van der Waals surface area contributed by atoms with Crippen molar-refractivity contribution in [1.82, 2.24) is 5.32 Å². The van der Waals surface area contributed by atoms with Gasteiger partial charge in [-0.25, -0.2) is 9.59 Å². The van der Waals surface area contributed by atoms with Gasteiger partial charge in [0.25, 0.3) is 0 Å². The van der Waals surface area contributed by atoms with Crippen LogP contribution < -0.4 is 5.32 Å². The lowest BCUT2D eigenvalue weighted by Crippen LogP contribution is -2.44. The van der Waals surface area contributed by atoms with Crippen molar-refractivity contribution in [2.75, 3.05) is 0 Å². The summed E-state index contributed by atoms with van der Waals surface area (Å²) in [5, 5.41) is 19.5. The van der Waals surface area contributed by atoms with E-state index in [9.17, 15) is 19.2 Å². The van der Waals surface area contributed by atoms with Crippen LogP contribution in [0, 0.1) is 5.92 Å². The summed E-state index contributed by atoms with van der Waals surface area (Å²) in [6.07, 6.45) is -2.01. The minimum atomic E-state index is -1.44. The largest absolute Gasteiger partial charge is 0.480 e. The van der Waals surface area contributed by atoms with Crippen molar-refractivity contribution in [3.05, 3.63) is 0 Å². The number of carbonyl (C=O) groups is 4. The molecule has 0 bridgehead atoms. The molecule has 0 aromatic heterocycles. The Morgan fingerprint density at radius 1 is 1.05 bits per heavy atom. The molecule has 2 atom stereocenters. The fraction of sp³-hybridized carbons (Fsp3) is 0.636. The third kappa shape index (κ3) is 6.39. The van der Waals surface area contributed by atoms with E-state index in [2.05, 4.69) is 10.1 Å². The number of amides is 1. The predicted molar refractivity (Wildman–Crippen MR) is 62.2 cm³/mol. The first-order chi connectivity index (χ1) is 8.65. The van der Waals surface area contributed by atoms with Crippen LogP contribution in [0.3, 0.4) is 0 Å². The molecule has 0 heterocycles. The molecule has 0 radical (unpaired) electrons. The minimum absolute atomic E-state index is 0.434. The Morgan fingerprint density at radius 2 is 1.58 bits per heavy atom. The Balaban J connectivity index is 4.51. The molecule has 0 aliphatic heterocycles. The molecule has 1 amide bonds. The van der Waals surface area contributed by atoms with Gasteiger partial charge in [-0.05, 0) is 6.92 Å². The summed E-state index contributed by atoms with van der Waals surface area (Å²) in [5.41, 5.74) is 0. The predicted octanol–water partition coefficient (Wildman–Crippen LogP) is -0.382. The van der Waals surface area contributed by atoms with Gasteiger partial charge >= 0.3 is 17.9 Å². The van der Waals surface area contributed by atoms with Gasteiger partial charge in [0.2, 0.25) is 5.91 Å². The summed E-state index contributed by atoms with van der Waals surface area (Å²) >= 11 is 0. The van der Waals surface area contributed by atoms with Gasteiger partial charge in [0.05, 0.1) is 6.42 Å². The molecule has 0 fully saturated rings. The average Bonchev–Trinajstić information content (AvgIpc) is 2.27. The van der Waals surface area contributed by atoms with Crippen LogP contribution >= 0.6 is 0 Å². The lowest BCUT2D eigenvalue weighted by molar-refractivity contribution is -0.164. The summed E-state index contributed by atoms with van der Waals surface area (Å²) in [7, 11) is 0. The maximum absolute atomic E-state index is 11.3. The van der Waals surface area contributed by atoms with Crippen LogP contribution in [0.2, 0.25) is 0 Å². The van der Waals surface area contributed by atoms with Crippen LogP contribution in [-0.4, -0.2) is 46.2 Å². The Morgan fingerprint density at radius 3 is 1.95 bits per heavy atom. The van der Waals surface area contributed by atoms with Crippen molar-refractivity contribution in [2.24, 2.45) is 5.92 Å². The monoisotopic (exact) mass is 275 g/mol. The molecule has 0 rings (SSSR count). The minimum Gasteiger partial charge on any atom is -0.480 e. The molecule has 0 saturated heterocycles. The van der Waals surface area contributed by atoms with Crippen LogP contribution in [0.4, 0.5) is 0 Å². The smallest absolute Gasteiger partial charge is 0.344 e. The molecule has 8 nitrogen and oxygen atoms in total. The van der Waals surface area contributed by atoms with E-state index < -0.39 is 48.3 Å². The lowest BCUT2D eigenvalue weighted by atomic mass is 10.1. The third-order valence-corrected chi connectivity index (χ3v) is 2.17. The summed E-state index contributed by atoms with van der Waals surface area (Å²) in [6.45, 7) is 4.28. The number of ether oxygens (including phenoxy) is 1. The van der Waals surface area contributed by atoms with Gasteiger partial charge in [-0.15, -0.1) is 0 Å². The topological polar surface area (TPSA) is 130 Å². The van der Waals surface area contributed by atoms with Crippen LogP contribution in [0.5, 0.6) is 0 Å². The molecule has 0 saturated carbocycles. The van der Waals surface area contributed by atoms with Crippen molar-refractivity contribution in [3.63, 3.8) is 0 Å². The van der Waals surface area contributed by atoms with E-state index in [0.29, 0.717) is 0 Å². The van der Waals surface area contributed by atoms with E-state index in [1.165, 1.54) is 0 Å². The summed E-state index contributed by atoms with van der Waals surface area (Å²) in [4.78, 5) is 44.0. The molecule has 0 aromatic carbocycles. The van der Waals surface area contributed by atoms with Crippen molar-refractivity contribution >= 4 is 23.8 Å². The fourth-order valence-electron chi connectivity index (χ4n) is 1.00. The number of carboxylic acid groups (broad SMARTS) is 2. The van der Waals surface area contributed by atoms with Crippen molar-refractivity contribution in [2.45, 2.75) is 39.3 Å². The first-order valence-corrected chi connectivity index (χ1v) is 5.60. The Hall–Kier alpha value is -2.12. The number of nitrogens with one attached hydrogen (secondary N) is 1. The summed E-state index contributed by atoms with van der Waals surface area (Å²) in [6, 6.07) is -1.44. The van der Waals surface area contributed by atoms with Gasteiger partial charge in [0.15, 0.2) is 6.10 Å². The van der Waals surface area contributed by atoms with Crippen molar-refractivity contribution in [3.8, 4) is 0 Å². The maximum Gasteiger partial charge on any atom is 0.344 e. The number of carboxylic acids is 2. The van der Waals surface area contributed by atoms with Gasteiger partial charge in [-0.1, -0.05) is 13.8 Å². The number of rotatable bonds is 7. The molecule has 19 heavy (non-hydrogen) atoms. The highest BCUT2D eigenvalue weighted by molar-refractivity contribution is 5.88.